The van der Waals surface area contributed by atoms with E-state index in [1.807, 2.05) is 18.2 Å². The molecule has 3 aromatic heterocycles. The van der Waals surface area contributed by atoms with Crippen molar-refractivity contribution >= 4 is 28.0 Å². The summed E-state index contributed by atoms with van der Waals surface area (Å²) in [5.74, 6) is -0.0486. The summed E-state index contributed by atoms with van der Waals surface area (Å²) < 4.78 is 16.9. The van der Waals surface area contributed by atoms with E-state index in [2.05, 4.69) is 9.72 Å². The molecule has 1 aromatic carbocycles. The van der Waals surface area contributed by atoms with Crippen LogP contribution in [0.15, 0.2) is 56.4 Å². The first-order valence-electron chi connectivity index (χ1n) is 7.21. The van der Waals surface area contributed by atoms with Gasteiger partial charge < -0.3 is 13.6 Å². The highest BCUT2D eigenvalue weighted by molar-refractivity contribution is 6.01. The predicted octanol–water partition coefficient (Wildman–Crippen LogP) is 2.57. The number of ether oxygens (including phenoxy) is 1. The molecule has 0 saturated carbocycles. The van der Waals surface area contributed by atoms with Crippen molar-refractivity contribution in [2.24, 2.45) is 0 Å². The third-order valence-electron chi connectivity index (χ3n) is 3.73. The molecule has 0 atom stereocenters. The Morgan fingerprint density at radius 1 is 1.21 bits per heavy atom. The van der Waals surface area contributed by atoms with Gasteiger partial charge in [-0.2, -0.15) is 0 Å². The number of carbonyl (C=O) groups is 1. The molecule has 0 radical (unpaired) electrons. The molecule has 0 aliphatic rings. The second kappa shape index (κ2) is 5.38. The number of carbonyl (C=O) groups excluding carboxylic acids is 1. The van der Waals surface area contributed by atoms with Crippen molar-refractivity contribution in [3.8, 4) is 0 Å². The first-order chi connectivity index (χ1) is 11.7. The molecule has 7 nitrogen and oxygen atoms in total. The lowest BCUT2D eigenvalue weighted by molar-refractivity contribution is 0.0563. The highest BCUT2D eigenvalue weighted by atomic mass is 16.5. The molecule has 0 saturated heterocycles. The highest BCUT2D eigenvalue weighted by Gasteiger charge is 2.15. The average molecular weight is 324 g/mol. The van der Waals surface area contributed by atoms with E-state index < -0.39 is 5.97 Å². The summed E-state index contributed by atoms with van der Waals surface area (Å²) in [6.45, 7) is 0.135. The third-order valence-corrected chi connectivity index (χ3v) is 3.73. The van der Waals surface area contributed by atoms with Crippen LogP contribution in [-0.2, 0) is 11.3 Å². The fourth-order valence-electron chi connectivity index (χ4n) is 2.57. The zero-order chi connectivity index (χ0) is 16.7. The molecular formula is C17H12N2O5. The number of esters is 1. The van der Waals surface area contributed by atoms with Gasteiger partial charge in [0.2, 0.25) is 11.3 Å². The van der Waals surface area contributed by atoms with Crippen molar-refractivity contribution in [1.29, 1.82) is 0 Å². The number of methoxy groups -OCH3 is 1. The maximum absolute atomic E-state index is 12.6. The Morgan fingerprint density at radius 2 is 2.04 bits per heavy atom. The lowest BCUT2D eigenvalue weighted by atomic mass is 10.2. The van der Waals surface area contributed by atoms with Crippen molar-refractivity contribution in [3.63, 3.8) is 0 Å². The molecule has 0 aliphatic heterocycles. The van der Waals surface area contributed by atoms with Gasteiger partial charge in [0.25, 0.3) is 5.56 Å². The minimum Gasteiger partial charge on any atom is -0.463 e. The van der Waals surface area contributed by atoms with Crippen LogP contribution in [0.25, 0.3) is 22.1 Å². The molecular weight excluding hydrogens is 312 g/mol. The van der Waals surface area contributed by atoms with E-state index in [1.54, 1.807) is 12.1 Å². The fourth-order valence-corrected chi connectivity index (χ4v) is 2.57. The van der Waals surface area contributed by atoms with Gasteiger partial charge in [-0.3, -0.25) is 9.36 Å². The SMILES string of the molecule is COC(=O)c1ccc(Cn2cnc3c(oc4ccccc43)c2=O)o1. The van der Waals surface area contributed by atoms with Crippen LogP contribution in [0.3, 0.4) is 0 Å². The molecule has 120 valence electrons. The van der Waals surface area contributed by atoms with Crippen LogP contribution >= 0.6 is 0 Å². The average Bonchev–Trinajstić information content (AvgIpc) is 3.21. The van der Waals surface area contributed by atoms with Gasteiger partial charge in [-0.25, -0.2) is 9.78 Å². The maximum atomic E-state index is 12.6. The van der Waals surface area contributed by atoms with Crippen LogP contribution in [0.4, 0.5) is 0 Å². The zero-order valence-electron chi connectivity index (χ0n) is 12.7. The van der Waals surface area contributed by atoms with E-state index in [0.29, 0.717) is 16.9 Å². The van der Waals surface area contributed by atoms with Gasteiger partial charge >= 0.3 is 5.97 Å². The van der Waals surface area contributed by atoms with Crippen LogP contribution in [0.1, 0.15) is 16.3 Å². The number of furan rings is 2. The number of hydrogen-bond donors (Lipinski definition) is 0. The number of rotatable bonds is 3. The van der Waals surface area contributed by atoms with E-state index in [-0.39, 0.29) is 23.4 Å². The third kappa shape index (κ3) is 2.18. The summed E-state index contributed by atoms with van der Waals surface area (Å²) in [7, 11) is 1.27. The number of hydrogen-bond acceptors (Lipinski definition) is 6. The molecule has 3 heterocycles. The molecule has 0 N–H and O–H groups in total. The number of nitrogens with zero attached hydrogens (tertiary/aromatic N) is 2. The van der Waals surface area contributed by atoms with Gasteiger partial charge in [0.05, 0.1) is 20.0 Å². The molecule has 24 heavy (non-hydrogen) atoms. The first kappa shape index (κ1) is 14.3. The van der Waals surface area contributed by atoms with Crippen molar-refractivity contribution in [3.05, 3.63) is 64.6 Å². The Balaban J connectivity index is 1.76. The van der Waals surface area contributed by atoms with Crippen molar-refractivity contribution in [1.82, 2.24) is 9.55 Å². The van der Waals surface area contributed by atoms with Crippen LogP contribution in [0, 0.1) is 0 Å². The van der Waals surface area contributed by atoms with Crippen LogP contribution in [0.2, 0.25) is 0 Å². The van der Waals surface area contributed by atoms with E-state index in [9.17, 15) is 9.59 Å². The normalized spacial score (nSPS) is 11.2. The number of aromatic nitrogens is 2. The smallest absolute Gasteiger partial charge is 0.373 e. The van der Waals surface area contributed by atoms with Gasteiger partial charge in [-0.05, 0) is 24.3 Å². The van der Waals surface area contributed by atoms with E-state index in [0.717, 1.165) is 5.39 Å². The monoisotopic (exact) mass is 324 g/mol. The molecule has 0 unspecified atom stereocenters. The summed E-state index contributed by atoms with van der Waals surface area (Å²) in [6.07, 6.45) is 1.44. The molecule has 0 bridgehead atoms. The van der Waals surface area contributed by atoms with Gasteiger partial charge in [-0.1, -0.05) is 12.1 Å². The summed E-state index contributed by atoms with van der Waals surface area (Å²) in [5.41, 5.74) is 1.02. The Bertz CT molecular complexity index is 1120. The molecule has 4 aromatic rings. The van der Waals surface area contributed by atoms with Gasteiger partial charge in [-0.15, -0.1) is 0 Å². The second-order valence-corrected chi connectivity index (χ2v) is 5.21. The molecule has 0 fully saturated rings. The Morgan fingerprint density at radius 3 is 2.88 bits per heavy atom. The maximum Gasteiger partial charge on any atom is 0.373 e. The second-order valence-electron chi connectivity index (χ2n) is 5.21. The molecule has 4 rings (SSSR count). The van der Waals surface area contributed by atoms with E-state index in [4.69, 9.17) is 8.83 Å². The Kier molecular flexibility index (Phi) is 3.19. The largest absolute Gasteiger partial charge is 0.463 e. The highest BCUT2D eigenvalue weighted by Crippen LogP contribution is 2.24. The predicted molar refractivity (Wildman–Crippen MR) is 84.9 cm³/mol. The van der Waals surface area contributed by atoms with E-state index >= 15 is 0 Å². The summed E-state index contributed by atoms with van der Waals surface area (Å²) in [6, 6.07) is 10.5. The first-order valence-corrected chi connectivity index (χ1v) is 7.21. The molecule has 0 spiro atoms. The van der Waals surface area contributed by atoms with Crippen molar-refractivity contribution in [2.45, 2.75) is 6.54 Å². The quantitative estimate of drug-likeness (QED) is 0.538. The van der Waals surface area contributed by atoms with Gasteiger partial charge in [0.1, 0.15) is 16.9 Å². The number of para-hydroxylation sites is 1. The van der Waals surface area contributed by atoms with Crippen LogP contribution in [0.5, 0.6) is 0 Å². The number of fused-ring (bicyclic) bond motifs is 3. The number of benzene rings is 1. The fraction of sp³-hybridized carbons (Fsp3) is 0.118. The molecule has 0 aliphatic carbocycles. The minimum absolute atomic E-state index is 0.0818. The lowest BCUT2D eigenvalue weighted by Crippen LogP contribution is -2.20. The Labute approximate surface area is 135 Å². The van der Waals surface area contributed by atoms with E-state index in [1.165, 1.54) is 24.1 Å². The van der Waals surface area contributed by atoms with Crippen molar-refractivity contribution < 1.29 is 18.4 Å². The summed E-state index contributed by atoms with van der Waals surface area (Å²) >= 11 is 0. The molecule has 0 amide bonds. The zero-order valence-corrected chi connectivity index (χ0v) is 12.7. The summed E-state index contributed by atoms with van der Waals surface area (Å²) in [4.78, 5) is 28.3. The van der Waals surface area contributed by atoms with Crippen LogP contribution < -0.4 is 5.56 Å². The van der Waals surface area contributed by atoms with Gasteiger partial charge in [0, 0.05) is 5.39 Å². The van der Waals surface area contributed by atoms with Crippen LogP contribution in [-0.4, -0.2) is 22.6 Å². The Hall–Kier alpha value is -3.35. The van der Waals surface area contributed by atoms with Gasteiger partial charge in [0.15, 0.2) is 0 Å². The lowest BCUT2D eigenvalue weighted by Gasteiger charge is -2.02. The topological polar surface area (TPSA) is 87.5 Å². The molecule has 7 heteroatoms. The summed E-state index contributed by atoms with van der Waals surface area (Å²) in [5, 5.41) is 0.794. The minimum atomic E-state index is -0.570. The standard InChI is InChI=1S/C17H12N2O5/c1-22-17(21)13-7-6-10(23-13)8-19-9-18-14-11-4-2-3-5-12(11)24-15(14)16(19)20/h2-7,9H,8H2,1H3. The van der Waals surface area contributed by atoms with Crippen molar-refractivity contribution in [2.75, 3.05) is 7.11 Å².